The second kappa shape index (κ2) is 7.54. The van der Waals surface area contributed by atoms with Gasteiger partial charge < -0.3 is 10.1 Å². The van der Waals surface area contributed by atoms with Crippen LogP contribution in [0.2, 0.25) is 0 Å². The number of hydrogen-bond donors (Lipinski definition) is 1. The van der Waals surface area contributed by atoms with Gasteiger partial charge in [0.2, 0.25) is 0 Å². The van der Waals surface area contributed by atoms with E-state index in [0.717, 1.165) is 13.0 Å². The molecule has 1 aromatic rings. The van der Waals surface area contributed by atoms with Crippen LogP contribution in [-0.2, 0) is 9.53 Å². The highest BCUT2D eigenvalue weighted by Gasteiger charge is 2.10. The van der Waals surface area contributed by atoms with E-state index in [1.807, 2.05) is 18.3 Å². The van der Waals surface area contributed by atoms with E-state index >= 15 is 0 Å². The second-order valence-electron chi connectivity index (χ2n) is 4.45. The van der Waals surface area contributed by atoms with E-state index in [9.17, 15) is 4.79 Å². The molecule has 1 aromatic heterocycles. The van der Waals surface area contributed by atoms with Crippen LogP contribution in [-0.4, -0.2) is 19.1 Å². The molecule has 0 spiro atoms. The maximum Gasteiger partial charge on any atom is 0.305 e. The number of rotatable bonds is 7. The molecule has 0 radical (unpaired) electrons. The van der Waals surface area contributed by atoms with Crippen molar-refractivity contribution in [1.82, 2.24) is 5.32 Å². The van der Waals surface area contributed by atoms with Gasteiger partial charge in [-0.1, -0.05) is 0 Å². The number of carbonyl (C=O) groups is 1. The zero-order valence-corrected chi connectivity index (χ0v) is 12.5. The Balaban J connectivity index is 2.27. The summed E-state index contributed by atoms with van der Waals surface area (Å²) in [5.41, 5.74) is 1.37. The predicted octanol–water partition coefficient (Wildman–Crippen LogP) is 3.36. The van der Waals surface area contributed by atoms with Crippen LogP contribution in [0.4, 0.5) is 0 Å². The van der Waals surface area contributed by atoms with Crippen LogP contribution in [0.5, 0.6) is 0 Å². The molecule has 1 atom stereocenters. The highest BCUT2D eigenvalue weighted by atomic mass is 32.1. The molecule has 0 saturated carbocycles. The molecule has 3 nitrogen and oxygen atoms in total. The van der Waals surface area contributed by atoms with Gasteiger partial charge in [-0.15, -0.1) is 11.3 Å². The first-order valence-corrected chi connectivity index (χ1v) is 7.32. The van der Waals surface area contributed by atoms with Crippen molar-refractivity contribution in [1.29, 1.82) is 0 Å². The maximum atomic E-state index is 11.2. The van der Waals surface area contributed by atoms with Crippen LogP contribution in [0, 0.1) is 13.8 Å². The van der Waals surface area contributed by atoms with E-state index in [0.29, 0.717) is 19.1 Å². The summed E-state index contributed by atoms with van der Waals surface area (Å²) in [5, 5.41) is 3.45. The smallest absolute Gasteiger partial charge is 0.305 e. The largest absolute Gasteiger partial charge is 0.466 e. The molecule has 0 fully saturated rings. The van der Waals surface area contributed by atoms with Crippen molar-refractivity contribution < 1.29 is 9.53 Å². The average molecular weight is 269 g/mol. The summed E-state index contributed by atoms with van der Waals surface area (Å²) in [6, 6.07) is 2.58. The monoisotopic (exact) mass is 269 g/mol. The summed E-state index contributed by atoms with van der Waals surface area (Å²) in [7, 11) is 0. The molecule has 102 valence electrons. The van der Waals surface area contributed by atoms with Crippen LogP contribution in [0.15, 0.2) is 6.07 Å². The van der Waals surface area contributed by atoms with Crippen molar-refractivity contribution in [3.8, 4) is 0 Å². The standard InChI is InChI=1S/C14H23NO2S/c1-5-17-14(16)7-6-8-15-11(3)13-9-10(2)18-12(13)4/h9,11,15H,5-8H2,1-4H3. The molecule has 0 aliphatic heterocycles. The number of esters is 1. The Hall–Kier alpha value is -0.870. The first-order chi connectivity index (χ1) is 8.54. The summed E-state index contributed by atoms with van der Waals surface area (Å²) < 4.78 is 4.89. The van der Waals surface area contributed by atoms with Crippen molar-refractivity contribution in [3.05, 3.63) is 21.4 Å². The zero-order valence-electron chi connectivity index (χ0n) is 11.7. The number of carbonyl (C=O) groups excluding carboxylic acids is 1. The van der Waals surface area contributed by atoms with Gasteiger partial charge in [0.05, 0.1) is 6.61 Å². The third kappa shape index (κ3) is 4.78. The quantitative estimate of drug-likeness (QED) is 0.609. The number of aryl methyl sites for hydroxylation is 2. The Bertz CT molecular complexity index is 387. The van der Waals surface area contributed by atoms with Gasteiger partial charge in [-0.2, -0.15) is 0 Å². The van der Waals surface area contributed by atoms with Crippen LogP contribution < -0.4 is 5.32 Å². The SMILES string of the molecule is CCOC(=O)CCCNC(C)c1cc(C)sc1C. The normalized spacial score (nSPS) is 12.4. The predicted molar refractivity (Wildman–Crippen MR) is 76.1 cm³/mol. The van der Waals surface area contributed by atoms with E-state index in [1.165, 1.54) is 15.3 Å². The molecule has 0 aromatic carbocycles. The Morgan fingerprint density at radius 3 is 2.78 bits per heavy atom. The van der Waals surface area contributed by atoms with Crippen molar-refractivity contribution in [2.24, 2.45) is 0 Å². The first-order valence-electron chi connectivity index (χ1n) is 6.50. The molecule has 0 aliphatic carbocycles. The highest BCUT2D eigenvalue weighted by Crippen LogP contribution is 2.25. The fraction of sp³-hybridized carbons (Fsp3) is 0.643. The molecule has 1 unspecified atom stereocenters. The van der Waals surface area contributed by atoms with E-state index in [2.05, 4.69) is 32.2 Å². The molecule has 18 heavy (non-hydrogen) atoms. The van der Waals surface area contributed by atoms with Gasteiger partial charge in [0.25, 0.3) is 0 Å². The highest BCUT2D eigenvalue weighted by molar-refractivity contribution is 7.12. The van der Waals surface area contributed by atoms with E-state index in [-0.39, 0.29) is 5.97 Å². The number of nitrogens with one attached hydrogen (secondary N) is 1. The molecule has 1 rings (SSSR count). The van der Waals surface area contributed by atoms with Gasteiger partial charge in [-0.05, 0) is 52.3 Å². The molecular weight excluding hydrogens is 246 g/mol. The van der Waals surface area contributed by atoms with E-state index in [4.69, 9.17) is 4.74 Å². The zero-order chi connectivity index (χ0) is 13.5. The van der Waals surface area contributed by atoms with Crippen molar-refractivity contribution in [2.45, 2.75) is 46.6 Å². The number of hydrogen-bond acceptors (Lipinski definition) is 4. The lowest BCUT2D eigenvalue weighted by molar-refractivity contribution is -0.143. The van der Waals surface area contributed by atoms with Gasteiger partial charge in [0.1, 0.15) is 0 Å². The van der Waals surface area contributed by atoms with Gasteiger partial charge in [-0.3, -0.25) is 4.79 Å². The first kappa shape index (κ1) is 15.2. The fourth-order valence-corrected chi connectivity index (χ4v) is 3.00. The van der Waals surface area contributed by atoms with Crippen LogP contribution in [0.3, 0.4) is 0 Å². The minimum absolute atomic E-state index is 0.102. The molecule has 1 heterocycles. The Morgan fingerprint density at radius 1 is 1.50 bits per heavy atom. The minimum Gasteiger partial charge on any atom is -0.466 e. The van der Waals surface area contributed by atoms with Gasteiger partial charge in [-0.25, -0.2) is 0 Å². The third-order valence-electron chi connectivity index (χ3n) is 2.86. The summed E-state index contributed by atoms with van der Waals surface area (Å²) >= 11 is 1.83. The van der Waals surface area contributed by atoms with Crippen molar-refractivity contribution in [3.63, 3.8) is 0 Å². The van der Waals surface area contributed by atoms with Crippen LogP contribution >= 0.6 is 11.3 Å². The molecule has 0 aliphatic rings. The third-order valence-corrected chi connectivity index (χ3v) is 3.84. The lowest BCUT2D eigenvalue weighted by Gasteiger charge is -2.13. The molecule has 0 bridgehead atoms. The molecule has 1 N–H and O–H groups in total. The second-order valence-corrected chi connectivity index (χ2v) is 5.91. The summed E-state index contributed by atoms with van der Waals surface area (Å²) in [5.74, 6) is -0.102. The number of thiophene rings is 1. The van der Waals surface area contributed by atoms with Crippen LogP contribution in [0.1, 0.15) is 48.0 Å². The Kier molecular flexibility index (Phi) is 6.36. The van der Waals surface area contributed by atoms with Crippen LogP contribution in [0.25, 0.3) is 0 Å². The minimum atomic E-state index is -0.102. The molecule has 0 amide bonds. The fourth-order valence-electron chi connectivity index (χ4n) is 1.97. The average Bonchev–Trinajstić information content (AvgIpc) is 2.64. The van der Waals surface area contributed by atoms with Gasteiger partial charge in [0, 0.05) is 22.2 Å². The summed E-state index contributed by atoms with van der Waals surface area (Å²) in [6.07, 6.45) is 1.32. The van der Waals surface area contributed by atoms with E-state index in [1.54, 1.807) is 0 Å². The topological polar surface area (TPSA) is 38.3 Å². The molecular formula is C14H23NO2S. The van der Waals surface area contributed by atoms with Crippen molar-refractivity contribution in [2.75, 3.05) is 13.2 Å². The Morgan fingerprint density at radius 2 is 2.22 bits per heavy atom. The summed E-state index contributed by atoms with van der Waals surface area (Å²) in [6.45, 7) is 9.60. The van der Waals surface area contributed by atoms with Crippen molar-refractivity contribution >= 4 is 17.3 Å². The van der Waals surface area contributed by atoms with Gasteiger partial charge in [0.15, 0.2) is 0 Å². The lowest BCUT2D eigenvalue weighted by atomic mass is 10.1. The Labute approximate surface area is 114 Å². The molecule has 0 saturated heterocycles. The number of ether oxygens (including phenoxy) is 1. The summed E-state index contributed by atoms with van der Waals surface area (Å²) in [4.78, 5) is 13.9. The molecule has 4 heteroatoms. The lowest BCUT2D eigenvalue weighted by Crippen LogP contribution is -2.21. The van der Waals surface area contributed by atoms with E-state index < -0.39 is 0 Å². The maximum absolute atomic E-state index is 11.2. The van der Waals surface area contributed by atoms with Gasteiger partial charge >= 0.3 is 5.97 Å².